The van der Waals surface area contributed by atoms with Gasteiger partial charge in [-0.25, -0.2) is 13.8 Å². The van der Waals surface area contributed by atoms with Crippen molar-refractivity contribution in [2.24, 2.45) is 5.73 Å². The van der Waals surface area contributed by atoms with E-state index in [0.717, 1.165) is 17.0 Å². The topological polar surface area (TPSA) is 121 Å². The van der Waals surface area contributed by atoms with Crippen molar-refractivity contribution in [2.45, 2.75) is 40.3 Å². The SMILES string of the molecule is CCn1ccc(C(=O)Nc2c(C(N)=O)sc3nc(C(F)F)cc(-c4cnn(CC)c4C)c23)n1. The number of aromatic nitrogens is 5. The van der Waals surface area contributed by atoms with Crippen LogP contribution in [0.1, 0.15) is 51.8 Å². The molecule has 12 heteroatoms. The van der Waals surface area contributed by atoms with Gasteiger partial charge in [-0.1, -0.05) is 0 Å². The summed E-state index contributed by atoms with van der Waals surface area (Å²) in [5.41, 5.74) is 7.09. The van der Waals surface area contributed by atoms with E-state index in [1.54, 1.807) is 27.8 Å². The van der Waals surface area contributed by atoms with Crippen molar-refractivity contribution in [3.63, 3.8) is 0 Å². The molecule has 0 aliphatic rings. The molecule has 4 aromatic heterocycles. The molecule has 33 heavy (non-hydrogen) atoms. The van der Waals surface area contributed by atoms with E-state index < -0.39 is 23.9 Å². The Kier molecular flexibility index (Phi) is 5.93. The number of hydrogen-bond acceptors (Lipinski definition) is 6. The van der Waals surface area contributed by atoms with Gasteiger partial charge in [0, 0.05) is 35.9 Å². The molecule has 3 N–H and O–H groups in total. The number of nitrogens with two attached hydrogens (primary N) is 1. The zero-order valence-corrected chi connectivity index (χ0v) is 18.9. The fraction of sp³-hybridized carbons (Fsp3) is 0.286. The lowest BCUT2D eigenvalue weighted by Gasteiger charge is -2.10. The van der Waals surface area contributed by atoms with Crippen molar-refractivity contribution in [1.82, 2.24) is 24.5 Å². The summed E-state index contributed by atoms with van der Waals surface area (Å²) in [7, 11) is 0. The van der Waals surface area contributed by atoms with E-state index in [0.29, 0.717) is 29.6 Å². The molecule has 4 rings (SSSR count). The molecule has 0 atom stereocenters. The van der Waals surface area contributed by atoms with Crippen molar-refractivity contribution >= 4 is 39.1 Å². The number of nitrogens with one attached hydrogen (secondary N) is 1. The summed E-state index contributed by atoms with van der Waals surface area (Å²) in [5.74, 6) is -1.37. The summed E-state index contributed by atoms with van der Waals surface area (Å²) < 4.78 is 30.6. The standard InChI is InChI=1S/C21H21F2N7O2S/c1-4-29-7-6-13(28-29)20(32)27-16-15-11(12-9-25-30(5-2)10(12)3)8-14(18(22)23)26-21(15)33-17(16)19(24)31/h6-9,18H,4-5H2,1-3H3,(H2,24,31)(H,27,32). The first-order valence-electron chi connectivity index (χ1n) is 10.2. The first-order valence-corrected chi connectivity index (χ1v) is 11.0. The molecular formula is C21H21F2N7O2S. The van der Waals surface area contributed by atoms with Gasteiger partial charge < -0.3 is 11.1 Å². The molecule has 4 heterocycles. The van der Waals surface area contributed by atoms with Crippen LogP contribution < -0.4 is 11.1 Å². The van der Waals surface area contributed by atoms with Gasteiger partial charge in [-0.2, -0.15) is 10.2 Å². The highest BCUT2D eigenvalue weighted by Gasteiger charge is 2.26. The molecule has 0 radical (unpaired) electrons. The number of thiophene rings is 1. The van der Waals surface area contributed by atoms with Crippen molar-refractivity contribution in [2.75, 3.05) is 5.32 Å². The lowest BCUT2D eigenvalue weighted by molar-refractivity contribution is 0.100. The Balaban J connectivity index is 1.96. The Morgan fingerprint density at radius 3 is 2.58 bits per heavy atom. The minimum absolute atomic E-state index is 0.00831. The summed E-state index contributed by atoms with van der Waals surface area (Å²) in [6.45, 7) is 6.77. The van der Waals surface area contributed by atoms with Crippen LogP contribution >= 0.6 is 11.3 Å². The maximum absolute atomic E-state index is 13.6. The number of rotatable bonds is 7. The Labute approximate surface area is 191 Å². The third kappa shape index (κ3) is 3.97. The molecular weight excluding hydrogens is 452 g/mol. The lowest BCUT2D eigenvalue weighted by atomic mass is 10.0. The van der Waals surface area contributed by atoms with Gasteiger partial charge in [0.2, 0.25) is 0 Å². The molecule has 0 unspecified atom stereocenters. The fourth-order valence-corrected chi connectivity index (χ4v) is 4.61. The van der Waals surface area contributed by atoms with E-state index >= 15 is 0 Å². The maximum atomic E-state index is 13.6. The normalized spacial score (nSPS) is 11.5. The number of carbonyl (C=O) groups is 2. The molecule has 0 bridgehead atoms. The Hall–Kier alpha value is -3.67. The minimum Gasteiger partial charge on any atom is -0.365 e. The molecule has 0 aliphatic heterocycles. The van der Waals surface area contributed by atoms with Gasteiger partial charge in [0.25, 0.3) is 18.2 Å². The number of pyridine rings is 1. The Morgan fingerprint density at radius 1 is 1.24 bits per heavy atom. The van der Waals surface area contributed by atoms with Crippen LogP contribution in [0.5, 0.6) is 0 Å². The van der Waals surface area contributed by atoms with E-state index in [4.69, 9.17) is 5.73 Å². The molecule has 0 saturated heterocycles. The van der Waals surface area contributed by atoms with Crippen LogP contribution in [0.25, 0.3) is 21.3 Å². The van der Waals surface area contributed by atoms with E-state index in [9.17, 15) is 18.4 Å². The molecule has 4 aromatic rings. The number of alkyl halides is 2. The van der Waals surface area contributed by atoms with Gasteiger partial charge in [-0.05, 0) is 38.5 Å². The predicted molar refractivity (Wildman–Crippen MR) is 121 cm³/mol. The lowest BCUT2D eigenvalue weighted by Crippen LogP contribution is -2.17. The molecule has 0 saturated carbocycles. The first-order chi connectivity index (χ1) is 15.7. The first kappa shape index (κ1) is 22.5. The smallest absolute Gasteiger partial charge is 0.280 e. The number of amides is 2. The Morgan fingerprint density at radius 2 is 2.00 bits per heavy atom. The van der Waals surface area contributed by atoms with E-state index in [2.05, 4.69) is 20.5 Å². The second kappa shape index (κ2) is 8.70. The maximum Gasteiger partial charge on any atom is 0.280 e. The minimum atomic E-state index is -2.83. The van der Waals surface area contributed by atoms with Crippen molar-refractivity contribution in [1.29, 1.82) is 0 Å². The van der Waals surface area contributed by atoms with E-state index in [1.807, 2.05) is 20.8 Å². The Bertz CT molecular complexity index is 1370. The largest absolute Gasteiger partial charge is 0.365 e. The third-order valence-electron chi connectivity index (χ3n) is 5.26. The van der Waals surface area contributed by atoms with Gasteiger partial charge in [-0.3, -0.25) is 19.0 Å². The summed E-state index contributed by atoms with van der Waals surface area (Å²) in [6, 6.07) is 2.80. The third-order valence-corrected chi connectivity index (χ3v) is 6.36. The number of anilines is 1. The van der Waals surface area contributed by atoms with Crippen LogP contribution in [0, 0.1) is 6.92 Å². The van der Waals surface area contributed by atoms with Gasteiger partial charge in [0.05, 0.1) is 11.9 Å². The van der Waals surface area contributed by atoms with Crippen LogP contribution in [0.3, 0.4) is 0 Å². The number of aryl methyl sites for hydroxylation is 2. The average molecular weight is 474 g/mol. The highest BCUT2D eigenvalue weighted by Crippen LogP contribution is 2.43. The number of fused-ring (bicyclic) bond motifs is 1. The number of primary amides is 1. The molecule has 0 fully saturated rings. The van der Waals surface area contributed by atoms with E-state index in [1.165, 1.54) is 6.07 Å². The molecule has 0 aliphatic carbocycles. The van der Waals surface area contributed by atoms with Gasteiger partial charge in [0.1, 0.15) is 15.4 Å². The number of hydrogen-bond donors (Lipinski definition) is 2. The van der Waals surface area contributed by atoms with Crippen molar-refractivity contribution in [3.8, 4) is 11.1 Å². The van der Waals surface area contributed by atoms with Gasteiger partial charge in [-0.15, -0.1) is 11.3 Å². The van der Waals surface area contributed by atoms with Crippen LogP contribution in [0.2, 0.25) is 0 Å². The number of halogens is 2. The average Bonchev–Trinajstić information content (AvgIpc) is 3.50. The van der Waals surface area contributed by atoms with Crippen LogP contribution in [-0.2, 0) is 13.1 Å². The zero-order valence-electron chi connectivity index (χ0n) is 18.1. The van der Waals surface area contributed by atoms with Crippen LogP contribution in [0.15, 0.2) is 24.5 Å². The van der Waals surface area contributed by atoms with Crippen molar-refractivity contribution < 1.29 is 18.4 Å². The molecule has 2 amide bonds. The summed E-state index contributed by atoms with van der Waals surface area (Å²) in [6.07, 6.45) is 0.392. The summed E-state index contributed by atoms with van der Waals surface area (Å²) in [5, 5.41) is 11.5. The molecule has 172 valence electrons. The number of nitrogens with zero attached hydrogens (tertiary/aromatic N) is 5. The highest BCUT2D eigenvalue weighted by molar-refractivity contribution is 7.21. The predicted octanol–water partition coefficient (Wildman–Crippen LogP) is 3.99. The molecule has 0 spiro atoms. The van der Waals surface area contributed by atoms with Gasteiger partial charge in [0.15, 0.2) is 5.69 Å². The second-order valence-electron chi connectivity index (χ2n) is 7.22. The monoisotopic (exact) mass is 473 g/mol. The fourth-order valence-electron chi connectivity index (χ4n) is 3.60. The zero-order chi connectivity index (χ0) is 23.9. The van der Waals surface area contributed by atoms with Crippen LogP contribution in [-0.4, -0.2) is 36.4 Å². The highest BCUT2D eigenvalue weighted by atomic mass is 32.1. The summed E-state index contributed by atoms with van der Waals surface area (Å²) >= 11 is 0.851. The van der Waals surface area contributed by atoms with Crippen LogP contribution in [0.4, 0.5) is 14.5 Å². The second-order valence-corrected chi connectivity index (χ2v) is 8.22. The summed E-state index contributed by atoms with van der Waals surface area (Å²) in [4.78, 5) is 29.3. The van der Waals surface area contributed by atoms with E-state index in [-0.39, 0.29) is 21.1 Å². The quantitative estimate of drug-likeness (QED) is 0.420. The molecule has 0 aromatic carbocycles. The van der Waals surface area contributed by atoms with Crippen molar-refractivity contribution in [3.05, 3.63) is 46.5 Å². The number of carbonyl (C=O) groups excluding carboxylic acids is 2. The van der Waals surface area contributed by atoms with Gasteiger partial charge >= 0.3 is 0 Å². The molecule has 9 nitrogen and oxygen atoms in total.